The lowest BCUT2D eigenvalue weighted by molar-refractivity contribution is -0.892. The number of nitrogens with one attached hydrogen (secondary N) is 3. The van der Waals surface area contributed by atoms with Crippen LogP contribution in [-0.2, 0) is 11.3 Å². The third-order valence-corrected chi connectivity index (χ3v) is 6.01. The molecule has 0 unspecified atom stereocenters. The monoisotopic (exact) mass is 420 g/mol. The van der Waals surface area contributed by atoms with Gasteiger partial charge in [0.15, 0.2) is 6.54 Å². The van der Waals surface area contributed by atoms with Crippen molar-refractivity contribution < 1.29 is 19.1 Å². The number of nitriles is 1. The molecule has 31 heavy (non-hydrogen) atoms. The van der Waals surface area contributed by atoms with Crippen molar-refractivity contribution in [3.8, 4) is 6.07 Å². The van der Waals surface area contributed by atoms with Crippen molar-refractivity contribution in [3.63, 3.8) is 0 Å². The average molecular weight is 421 g/mol. The number of carbonyl (C=O) groups is 1. The Labute approximate surface area is 181 Å². The Kier molecular flexibility index (Phi) is 6.05. The molecule has 1 amide bonds. The zero-order valence-electron chi connectivity index (χ0n) is 17.9. The minimum Gasteiger partial charge on any atom is -0.467 e. The number of amides is 1. The molecular weight excluding hydrogens is 392 g/mol. The van der Waals surface area contributed by atoms with Crippen molar-refractivity contribution >= 4 is 17.5 Å². The van der Waals surface area contributed by atoms with Crippen molar-refractivity contribution in [3.05, 3.63) is 65.4 Å². The Morgan fingerprint density at radius 3 is 2.71 bits per heavy atom. The first-order valence-corrected chi connectivity index (χ1v) is 10.5. The maximum atomic E-state index is 12.9. The molecule has 3 aromatic heterocycles. The number of quaternary nitrogens is 1. The first kappa shape index (κ1) is 20.7. The molecule has 8 heteroatoms. The fourth-order valence-corrected chi connectivity index (χ4v) is 4.11. The number of piperazine rings is 1. The van der Waals surface area contributed by atoms with Crippen LogP contribution in [0.25, 0.3) is 0 Å². The summed E-state index contributed by atoms with van der Waals surface area (Å²) in [5.41, 5.74) is 2.34. The van der Waals surface area contributed by atoms with Gasteiger partial charge in [-0.25, -0.2) is 4.98 Å². The van der Waals surface area contributed by atoms with Crippen molar-refractivity contribution in [1.29, 1.82) is 5.26 Å². The van der Waals surface area contributed by atoms with Crippen LogP contribution < -0.4 is 20.1 Å². The summed E-state index contributed by atoms with van der Waals surface area (Å²) in [7, 11) is 0. The number of aromatic amines is 1. The van der Waals surface area contributed by atoms with Gasteiger partial charge in [0, 0.05) is 11.8 Å². The van der Waals surface area contributed by atoms with Gasteiger partial charge in [-0.1, -0.05) is 6.07 Å². The van der Waals surface area contributed by atoms with E-state index in [0.29, 0.717) is 24.5 Å². The zero-order chi connectivity index (χ0) is 21.8. The first-order valence-electron chi connectivity index (χ1n) is 10.5. The number of anilines is 2. The summed E-state index contributed by atoms with van der Waals surface area (Å²) >= 11 is 0. The molecule has 0 aromatic carbocycles. The predicted octanol–water partition coefficient (Wildman–Crippen LogP) is 0.776. The van der Waals surface area contributed by atoms with Gasteiger partial charge in [-0.2, -0.15) is 5.26 Å². The van der Waals surface area contributed by atoms with Crippen LogP contribution in [0, 0.1) is 25.2 Å². The van der Waals surface area contributed by atoms with Gasteiger partial charge < -0.3 is 19.2 Å². The number of nitrogens with zero attached hydrogens (tertiary/aromatic N) is 3. The Morgan fingerprint density at radius 2 is 2.06 bits per heavy atom. The van der Waals surface area contributed by atoms with Crippen LogP contribution in [0.3, 0.4) is 0 Å². The van der Waals surface area contributed by atoms with E-state index in [1.165, 1.54) is 4.90 Å². The average Bonchev–Trinajstić information content (AvgIpc) is 3.38. The number of pyridine rings is 1. The summed E-state index contributed by atoms with van der Waals surface area (Å²) in [5.74, 6) is 2.35. The molecule has 1 saturated heterocycles. The molecule has 0 spiro atoms. The van der Waals surface area contributed by atoms with Gasteiger partial charge in [-0.15, -0.1) is 0 Å². The smallest absolute Gasteiger partial charge is 0.280 e. The molecule has 4 heterocycles. The third-order valence-electron chi connectivity index (χ3n) is 6.01. The van der Waals surface area contributed by atoms with E-state index < -0.39 is 0 Å². The lowest BCUT2D eigenvalue weighted by atomic mass is 10.2. The van der Waals surface area contributed by atoms with E-state index >= 15 is 0 Å². The SMILES string of the molecule is Cc1c(C#N)c(NC(=O)C[NH+]2CCN(c3cccc[nH+]3)CC2)n(Cc2ccco2)c1C. The molecule has 8 nitrogen and oxygen atoms in total. The van der Waals surface area contributed by atoms with E-state index in [-0.39, 0.29) is 5.91 Å². The largest absolute Gasteiger partial charge is 0.467 e. The number of rotatable bonds is 6. The number of hydrogen-bond donors (Lipinski definition) is 2. The van der Waals surface area contributed by atoms with Gasteiger partial charge in [0.2, 0.25) is 0 Å². The van der Waals surface area contributed by atoms with Crippen LogP contribution in [0.5, 0.6) is 0 Å². The molecule has 0 aliphatic carbocycles. The lowest BCUT2D eigenvalue weighted by Crippen LogP contribution is -3.15. The van der Waals surface area contributed by atoms with Crippen molar-refractivity contribution in [2.75, 3.05) is 42.9 Å². The fourth-order valence-electron chi connectivity index (χ4n) is 4.11. The van der Waals surface area contributed by atoms with Crippen molar-refractivity contribution in [2.45, 2.75) is 20.4 Å². The molecule has 0 atom stereocenters. The molecule has 3 aromatic rings. The Morgan fingerprint density at radius 1 is 1.26 bits per heavy atom. The number of hydrogen-bond acceptors (Lipinski definition) is 4. The number of carbonyl (C=O) groups excluding carboxylic acids is 1. The van der Waals surface area contributed by atoms with E-state index in [2.05, 4.69) is 27.3 Å². The minimum atomic E-state index is -0.0792. The van der Waals surface area contributed by atoms with Gasteiger partial charge in [0.1, 0.15) is 43.8 Å². The van der Waals surface area contributed by atoms with Gasteiger partial charge in [-0.05, 0) is 37.6 Å². The second-order valence-corrected chi connectivity index (χ2v) is 7.92. The van der Waals surface area contributed by atoms with Gasteiger partial charge in [0.05, 0.1) is 24.6 Å². The Balaban J connectivity index is 1.42. The van der Waals surface area contributed by atoms with Crippen LogP contribution in [0.2, 0.25) is 0 Å². The molecule has 0 saturated carbocycles. The lowest BCUT2D eigenvalue weighted by Gasteiger charge is -2.27. The van der Waals surface area contributed by atoms with E-state index in [4.69, 9.17) is 4.42 Å². The normalized spacial score (nSPS) is 14.4. The number of furan rings is 1. The van der Waals surface area contributed by atoms with E-state index in [0.717, 1.165) is 49.0 Å². The summed E-state index contributed by atoms with van der Waals surface area (Å²) in [5, 5.41) is 12.7. The van der Waals surface area contributed by atoms with E-state index in [1.807, 2.05) is 48.9 Å². The molecule has 1 aliphatic heterocycles. The fraction of sp³-hybridized carbons (Fsp3) is 0.348. The van der Waals surface area contributed by atoms with Gasteiger partial charge in [-0.3, -0.25) is 9.69 Å². The first-order chi connectivity index (χ1) is 15.1. The second-order valence-electron chi connectivity index (χ2n) is 7.92. The third kappa shape index (κ3) is 4.47. The second kappa shape index (κ2) is 9.06. The Hall–Kier alpha value is -3.57. The molecule has 1 fully saturated rings. The Bertz CT molecular complexity index is 1070. The summed E-state index contributed by atoms with van der Waals surface area (Å²) < 4.78 is 7.42. The topological polar surface area (TPSA) is 92.8 Å². The highest BCUT2D eigenvalue weighted by molar-refractivity contribution is 5.92. The molecule has 4 rings (SSSR count). The molecule has 0 bridgehead atoms. The molecule has 1 aliphatic rings. The van der Waals surface area contributed by atoms with Crippen LogP contribution in [0.4, 0.5) is 11.6 Å². The van der Waals surface area contributed by atoms with Crippen LogP contribution in [0.15, 0.2) is 47.2 Å². The summed E-state index contributed by atoms with van der Waals surface area (Å²) in [6.07, 6.45) is 3.55. The van der Waals surface area contributed by atoms with Crippen molar-refractivity contribution in [2.24, 2.45) is 0 Å². The highest BCUT2D eigenvalue weighted by Crippen LogP contribution is 2.27. The summed E-state index contributed by atoms with van der Waals surface area (Å²) in [6.45, 7) is 8.25. The van der Waals surface area contributed by atoms with Gasteiger partial charge in [0.25, 0.3) is 11.7 Å². The molecule has 160 valence electrons. The summed E-state index contributed by atoms with van der Waals surface area (Å²) in [6, 6.07) is 12.0. The maximum Gasteiger partial charge on any atom is 0.280 e. The van der Waals surface area contributed by atoms with Crippen LogP contribution in [-0.4, -0.2) is 43.2 Å². The number of H-pyrrole nitrogens is 1. The number of aromatic nitrogens is 2. The maximum absolute atomic E-state index is 12.9. The quantitative estimate of drug-likeness (QED) is 0.616. The van der Waals surface area contributed by atoms with E-state index in [1.54, 1.807) is 6.26 Å². The van der Waals surface area contributed by atoms with Crippen LogP contribution in [0.1, 0.15) is 22.6 Å². The minimum absolute atomic E-state index is 0.0792. The highest BCUT2D eigenvalue weighted by Gasteiger charge is 2.28. The van der Waals surface area contributed by atoms with E-state index in [9.17, 15) is 10.1 Å². The predicted molar refractivity (Wildman–Crippen MR) is 116 cm³/mol. The van der Waals surface area contributed by atoms with Crippen LogP contribution >= 0.6 is 0 Å². The molecule has 3 N–H and O–H groups in total. The standard InChI is InChI=1S/C23H26N6O2/c1-17-18(2)29(15-19-6-5-13-31-19)23(20(17)14-24)26-22(30)16-27-9-11-28(12-10-27)21-7-3-4-8-25-21/h3-8,13H,9-12,15-16H2,1-2H3,(H,26,30)/p+2. The molecule has 0 radical (unpaired) electrons. The zero-order valence-corrected chi connectivity index (χ0v) is 17.9. The van der Waals surface area contributed by atoms with Crippen molar-refractivity contribution in [1.82, 2.24) is 4.57 Å². The van der Waals surface area contributed by atoms with Gasteiger partial charge >= 0.3 is 0 Å². The summed E-state index contributed by atoms with van der Waals surface area (Å²) in [4.78, 5) is 19.7. The molecular formula is C23H28N6O2+2. The highest BCUT2D eigenvalue weighted by atomic mass is 16.3.